The second-order valence-corrected chi connectivity index (χ2v) is 3.77. The zero-order chi connectivity index (χ0) is 10.5. The Kier molecular flexibility index (Phi) is 4.50. The molecule has 0 aliphatic rings. The maximum atomic E-state index is 11.2. The van der Waals surface area contributed by atoms with Gasteiger partial charge in [-0.3, -0.25) is 4.79 Å². The average Bonchev–Trinajstić information content (AvgIpc) is 1.96. The van der Waals surface area contributed by atoms with Gasteiger partial charge in [0.1, 0.15) is 11.6 Å². The van der Waals surface area contributed by atoms with Crippen LogP contribution in [0.4, 0.5) is 0 Å². The Morgan fingerprint density at radius 1 is 1.54 bits per heavy atom. The highest BCUT2D eigenvalue weighted by Crippen LogP contribution is 2.08. The van der Waals surface area contributed by atoms with Crippen LogP contribution >= 0.6 is 0 Å². The predicted octanol–water partition coefficient (Wildman–Crippen LogP) is 1.07. The molecular weight excluding hydrogens is 166 g/mol. The van der Waals surface area contributed by atoms with Crippen molar-refractivity contribution < 1.29 is 9.53 Å². The summed E-state index contributed by atoms with van der Waals surface area (Å²) >= 11 is 0. The molecule has 3 nitrogen and oxygen atoms in total. The fourth-order valence-electron chi connectivity index (χ4n) is 0.673. The van der Waals surface area contributed by atoms with E-state index in [4.69, 9.17) is 10.5 Å². The van der Waals surface area contributed by atoms with Gasteiger partial charge in [-0.25, -0.2) is 0 Å². The van der Waals surface area contributed by atoms with E-state index < -0.39 is 17.6 Å². The molecule has 0 aliphatic carbocycles. The van der Waals surface area contributed by atoms with Gasteiger partial charge in [-0.2, -0.15) is 0 Å². The second kappa shape index (κ2) is 4.88. The van der Waals surface area contributed by atoms with Gasteiger partial charge in [0.2, 0.25) is 0 Å². The van der Waals surface area contributed by atoms with Gasteiger partial charge in [-0.15, -0.1) is 11.8 Å². The molecule has 0 rings (SSSR count). The number of esters is 1. The summed E-state index contributed by atoms with van der Waals surface area (Å²) in [5.74, 6) is 5.02. The molecule has 0 amide bonds. The van der Waals surface area contributed by atoms with Gasteiger partial charge in [0.25, 0.3) is 0 Å². The number of rotatable bonds is 2. The molecular formula is C10H17NO2. The van der Waals surface area contributed by atoms with Crippen molar-refractivity contribution in [3.05, 3.63) is 0 Å². The van der Waals surface area contributed by atoms with Crippen LogP contribution in [0, 0.1) is 11.8 Å². The Hall–Kier alpha value is -1.01. The lowest BCUT2D eigenvalue weighted by Gasteiger charge is -2.21. The molecule has 0 aromatic rings. The summed E-state index contributed by atoms with van der Waals surface area (Å²) in [6, 6.07) is -0.633. The highest BCUT2D eigenvalue weighted by Gasteiger charge is 2.21. The van der Waals surface area contributed by atoms with Gasteiger partial charge < -0.3 is 10.5 Å². The molecule has 0 aliphatic heterocycles. The van der Waals surface area contributed by atoms with E-state index in [1.807, 2.05) is 20.8 Å². The molecule has 3 heteroatoms. The fourth-order valence-corrected chi connectivity index (χ4v) is 0.673. The summed E-state index contributed by atoms with van der Waals surface area (Å²) in [4.78, 5) is 11.2. The van der Waals surface area contributed by atoms with E-state index in [0.717, 1.165) is 0 Å². The maximum Gasteiger partial charge on any atom is 0.324 e. The first kappa shape index (κ1) is 12.0. The Morgan fingerprint density at radius 3 is 2.46 bits per heavy atom. The number of hydrogen-bond donors (Lipinski definition) is 1. The van der Waals surface area contributed by atoms with Gasteiger partial charge in [-0.05, 0) is 27.7 Å². The summed E-state index contributed by atoms with van der Waals surface area (Å²) in [6.45, 7) is 7.14. The van der Waals surface area contributed by atoms with Crippen molar-refractivity contribution in [2.45, 2.75) is 45.8 Å². The third kappa shape index (κ3) is 6.18. The minimum Gasteiger partial charge on any atom is -0.459 e. The number of carbonyl (C=O) groups excluding carboxylic acids is 1. The normalized spacial score (nSPS) is 12.7. The topological polar surface area (TPSA) is 52.3 Å². The van der Waals surface area contributed by atoms with Gasteiger partial charge >= 0.3 is 5.97 Å². The van der Waals surface area contributed by atoms with Gasteiger partial charge in [0, 0.05) is 6.42 Å². The van der Waals surface area contributed by atoms with Gasteiger partial charge in [0.15, 0.2) is 0 Å². The molecule has 1 atom stereocenters. The first-order chi connectivity index (χ1) is 5.87. The minimum absolute atomic E-state index is 0.353. The van der Waals surface area contributed by atoms with E-state index in [0.29, 0.717) is 6.42 Å². The SMILES string of the molecule is CC#CCC(N)C(=O)OC(C)(C)C. The molecule has 0 radical (unpaired) electrons. The Morgan fingerprint density at radius 2 is 2.08 bits per heavy atom. The van der Waals surface area contributed by atoms with Crippen LogP contribution in [0.5, 0.6) is 0 Å². The minimum atomic E-state index is -0.633. The molecule has 0 aromatic carbocycles. The third-order valence-electron chi connectivity index (χ3n) is 1.21. The van der Waals surface area contributed by atoms with Crippen LogP contribution in [-0.2, 0) is 9.53 Å². The quantitative estimate of drug-likeness (QED) is 0.514. The molecule has 0 aromatic heterocycles. The summed E-state index contributed by atoms with van der Waals surface area (Å²) in [7, 11) is 0. The van der Waals surface area contributed by atoms with E-state index in [2.05, 4.69) is 11.8 Å². The third-order valence-corrected chi connectivity index (χ3v) is 1.21. The number of carbonyl (C=O) groups is 1. The Balaban J connectivity index is 4.02. The predicted molar refractivity (Wildman–Crippen MR) is 51.9 cm³/mol. The lowest BCUT2D eigenvalue weighted by molar-refractivity contribution is -0.156. The first-order valence-electron chi connectivity index (χ1n) is 4.25. The average molecular weight is 183 g/mol. The lowest BCUT2D eigenvalue weighted by atomic mass is 10.1. The lowest BCUT2D eigenvalue weighted by Crippen LogP contribution is -2.37. The molecule has 0 heterocycles. The van der Waals surface area contributed by atoms with Crippen molar-refractivity contribution in [1.29, 1.82) is 0 Å². The smallest absolute Gasteiger partial charge is 0.324 e. The molecule has 0 saturated carbocycles. The Labute approximate surface area is 79.6 Å². The monoisotopic (exact) mass is 183 g/mol. The van der Waals surface area contributed by atoms with Crippen LogP contribution in [0.2, 0.25) is 0 Å². The highest BCUT2D eigenvalue weighted by molar-refractivity contribution is 5.76. The van der Waals surface area contributed by atoms with Crippen molar-refractivity contribution in [1.82, 2.24) is 0 Å². The van der Waals surface area contributed by atoms with Crippen LogP contribution < -0.4 is 5.73 Å². The van der Waals surface area contributed by atoms with E-state index in [1.54, 1.807) is 6.92 Å². The van der Waals surface area contributed by atoms with Gasteiger partial charge in [-0.1, -0.05) is 0 Å². The molecule has 0 bridgehead atoms. The van der Waals surface area contributed by atoms with Crippen molar-refractivity contribution in [3.8, 4) is 11.8 Å². The van der Waals surface area contributed by atoms with E-state index in [-0.39, 0.29) is 0 Å². The van der Waals surface area contributed by atoms with E-state index >= 15 is 0 Å². The molecule has 13 heavy (non-hydrogen) atoms. The van der Waals surface area contributed by atoms with Crippen LogP contribution in [0.1, 0.15) is 34.1 Å². The molecule has 74 valence electrons. The number of ether oxygens (including phenoxy) is 1. The highest BCUT2D eigenvalue weighted by atomic mass is 16.6. The first-order valence-corrected chi connectivity index (χ1v) is 4.25. The van der Waals surface area contributed by atoms with Crippen molar-refractivity contribution >= 4 is 5.97 Å². The molecule has 0 spiro atoms. The number of nitrogens with two attached hydrogens (primary N) is 1. The summed E-state index contributed by atoms with van der Waals surface area (Å²) in [6.07, 6.45) is 0.353. The fraction of sp³-hybridized carbons (Fsp3) is 0.700. The summed E-state index contributed by atoms with van der Waals surface area (Å²) in [5.41, 5.74) is 5.06. The molecule has 2 N–H and O–H groups in total. The van der Waals surface area contributed by atoms with Crippen LogP contribution in [0.25, 0.3) is 0 Å². The van der Waals surface area contributed by atoms with Crippen molar-refractivity contribution in [2.75, 3.05) is 0 Å². The van der Waals surface area contributed by atoms with Crippen molar-refractivity contribution in [2.24, 2.45) is 5.73 Å². The molecule has 1 unspecified atom stereocenters. The van der Waals surface area contributed by atoms with E-state index in [9.17, 15) is 4.79 Å². The summed E-state index contributed by atoms with van der Waals surface area (Å²) < 4.78 is 5.06. The van der Waals surface area contributed by atoms with Crippen LogP contribution in [0.15, 0.2) is 0 Å². The van der Waals surface area contributed by atoms with Crippen LogP contribution in [0.3, 0.4) is 0 Å². The second-order valence-electron chi connectivity index (χ2n) is 3.77. The number of hydrogen-bond acceptors (Lipinski definition) is 3. The Bertz CT molecular complexity index is 230. The molecule has 0 fully saturated rings. The van der Waals surface area contributed by atoms with Gasteiger partial charge in [0.05, 0.1) is 0 Å². The zero-order valence-corrected chi connectivity index (χ0v) is 8.68. The molecule has 0 saturated heterocycles. The maximum absolute atomic E-state index is 11.2. The standard InChI is InChI=1S/C10H17NO2/c1-5-6-7-8(11)9(12)13-10(2,3)4/h8H,7,11H2,1-4H3. The largest absolute Gasteiger partial charge is 0.459 e. The summed E-state index contributed by atoms with van der Waals surface area (Å²) in [5, 5.41) is 0. The van der Waals surface area contributed by atoms with Crippen molar-refractivity contribution in [3.63, 3.8) is 0 Å². The van der Waals surface area contributed by atoms with E-state index in [1.165, 1.54) is 0 Å². The van der Waals surface area contributed by atoms with Crippen LogP contribution in [-0.4, -0.2) is 17.6 Å². The zero-order valence-electron chi connectivity index (χ0n) is 8.68.